The highest BCUT2D eigenvalue weighted by molar-refractivity contribution is 5.85. The molecule has 0 spiro atoms. The first-order valence-corrected chi connectivity index (χ1v) is 12.1. The first-order chi connectivity index (χ1) is 17.5. The molecule has 8 heteroatoms. The number of hydrogen-bond donors (Lipinski definition) is 1. The molecule has 1 aliphatic carbocycles. The highest BCUT2D eigenvalue weighted by atomic mass is 16.5. The van der Waals surface area contributed by atoms with Crippen LogP contribution in [-0.2, 0) is 4.79 Å². The van der Waals surface area contributed by atoms with E-state index in [9.17, 15) is 14.9 Å². The third kappa shape index (κ3) is 5.10. The molecule has 1 unspecified atom stereocenters. The molecule has 2 aromatic carbocycles. The van der Waals surface area contributed by atoms with Crippen molar-refractivity contribution in [3.63, 3.8) is 0 Å². The van der Waals surface area contributed by atoms with Crippen LogP contribution < -0.4 is 20.3 Å². The van der Waals surface area contributed by atoms with E-state index in [1.807, 2.05) is 12.1 Å². The molecule has 186 valence electrons. The van der Waals surface area contributed by atoms with Crippen LogP contribution in [0.5, 0.6) is 11.5 Å². The summed E-state index contributed by atoms with van der Waals surface area (Å²) in [6, 6.07) is 15.6. The summed E-state index contributed by atoms with van der Waals surface area (Å²) < 4.78 is 11.7. The molecular formula is C28H30N4O4. The van der Waals surface area contributed by atoms with Crippen LogP contribution in [0.25, 0.3) is 22.4 Å². The van der Waals surface area contributed by atoms with Crippen LogP contribution in [0, 0.1) is 11.3 Å². The highest BCUT2D eigenvalue weighted by Gasteiger charge is 2.27. The van der Waals surface area contributed by atoms with E-state index in [0.717, 1.165) is 30.4 Å². The van der Waals surface area contributed by atoms with Crippen LogP contribution in [0.4, 0.5) is 0 Å². The third-order valence-electron chi connectivity index (χ3n) is 6.67. The Hall–Kier alpha value is -4.12. The predicted molar refractivity (Wildman–Crippen MR) is 137 cm³/mol. The van der Waals surface area contributed by atoms with Gasteiger partial charge >= 0.3 is 0 Å². The summed E-state index contributed by atoms with van der Waals surface area (Å²) in [7, 11) is 3.15. The van der Waals surface area contributed by atoms with Crippen molar-refractivity contribution in [3.05, 3.63) is 64.4 Å². The average molecular weight is 487 g/mol. The van der Waals surface area contributed by atoms with E-state index >= 15 is 0 Å². The second kappa shape index (κ2) is 11.1. The fraction of sp³-hybridized carbons (Fsp3) is 0.357. The van der Waals surface area contributed by atoms with E-state index in [2.05, 4.69) is 16.5 Å². The molecule has 1 N–H and O–H groups in total. The molecule has 1 aromatic heterocycles. The number of carbonyl (C=O) groups excluding carboxylic acids is 1. The molecule has 0 saturated heterocycles. The van der Waals surface area contributed by atoms with E-state index in [4.69, 9.17) is 9.47 Å². The summed E-state index contributed by atoms with van der Waals surface area (Å²) in [5.41, 5.74) is 1.49. The Morgan fingerprint density at radius 1 is 1.00 bits per heavy atom. The Labute approximate surface area is 210 Å². The normalized spacial score (nSPS) is 14.5. The Morgan fingerprint density at radius 3 is 2.08 bits per heavy atom. The van der Waals surface area contributed by atoms with Crippen LogP contribution in [0.3, 0.4) is 0 Å². The van der Waals surface area contributed by atoms with Crippen LogP contribution in [0.15, 0.2) is 53.3 Å². The lowest BCUT2D eigenvalue weighted by molar-refractivity contribution is -0.125. The van der Waals surface area contributed by atoms with Gasteiger partial charge in [-0.1, -0.05) is 31.4 Å². The Kier molecular flexibility index (Phi) is 7.69. The van der Waals surface area contributed by atoms with E-state index in [1.54, 1.807) is 57.5 Å². The number of nitrogens with zero attached hydrogens (tertiary/aromatic N) is 3. The Bertz CT molecular complexity index is 1320. The molecule has 1 aliphatic rings. The number of hydrogen-bond acceptors (Lipinski definition) is 6. The number of nitriles is 1. The molecule has 0 radical (unpaired) electrons. The molecule has 1 saturated carbocycles. The van der Waals surface area contributed by atoms with Gasteiger partial charge in [0.05, 0.1) is 14.2 Å². The lowest BCUT2D eigenvalue weighted by Gasteiger charge is -2.25. The van der Waals surface area contributed by atoms with Gasteiger partial charge in [-0.05, 0) is 61.7 Å². The van der Waals surface area contributed by atoms with Crippen molar-refractivity contribution in [1.29, 1.82) is 5.26 Å². The van der Waals surface area contributed by atoms with Gasteiger partial charge in [0.25, 0.3) is 5.56 Å². The fourth-order valence-corrected chi connectivity index (χ4v) is 4.58. The van der Waals surface area contributed by atoms with Crippen LogP contribution in [-0.4, -0.2) is 35.9 Å². The molecule has 8 nitrogen and oxygen atoms in total. The van der Waals surface area contributed by atoms with Crippen molar-refractivity contribution in [2.24, 2.45) is 0 Å². The van der Waals surface area contributed by atoms with Crippen molar-refractivity contribution in [2.75, 3.05) is 14.2 Å². The number of amides is 1. The minimum absolute atomic E-state index is 0.0710. The maximum absolute atomic E-state index is 13.5. The van der Waals surface area contributed by atoms with E-state index in [1.165, 1.54) is 6.42 Å². The van der Waals surface area contributed by atoms with Crippen LogP contribution in [0.1, 0.15) is 50.6 Å². The van der Waals surface area contributed by atoms with Crippen molar-refractivity contribution >= 4 is 5.91 Å². The molecular weight excluding hydrogens is 456 g/mol. The van der Waals surface area contributed by atoms with Crippen molar-refractivity contribution in [2.45, 2.75) is 51.1 Å². The number of methoxy groups -OCH3 is 2. The number of carbonyl (C=O) groups is 1. The second-order valence-electron chi connectivity index (χ2n) is 8.94. The number of ether oxygens (including phenoxy) is 2. The molecule has 1 atom stereocenters. The highest BCUT2D eigenvalue weighted by Crippen LogP contribution is 2.34. The van der Waals surface area contributed by atoms with Gasteiger partial charge in [0, 0.05) is 17.2 Å². The lowest BCUT2D eigenvalue weighted by atomic mass is 9.95. The quantitative estimate of drug-likeness (QED) is 0.528. The predicted octanol–water partition coefficient (Wildman–Crippen LogP) is 4.48. The zero-order valence-corrected chi connectivity index (χ0v) is 20.8. The minimum atomic E-state index is -0.881. The molecule has 1 heterocycles. The van der Waals surface area contributed by atoms with E-state index in [-0.39, 0.29) is 17.5 Å². The van der Waals surface area contributed by atoms with Crippen LogP contribution in [0.2, 0.25) is 0 Å². The number of rotatable bonds is 7. The Morgan fingerprint density at radius 2 is 1.56 bits per heavy atom. The summed E-state index contributed by atoms with van der Waals surface area (Å²) in [5, 5.41) is 17.8. The molecule has 1 amide bonds. The maximum Gasteiger partial charge on any atom is 0.286 e. The summed E-state index contributed by atoms with van der Waals surface area (Å²) in [6.07, 6.45) is 5.19. The van der Waals surface area contributed by atoms with Crippen molar-refractivity contribution in [3.8, 4) is 40.0 Å². The van der Waals surface area contributed by atoms with Gasteiger partial charge in [0.2, 0.25) is 5.91 Å². The molecule has 1 fully saturated rings. The average Bonchev–Trinajstić information content (AvgIpc) is 2.93. The van der Waals surface area contributed by atoms with Gasteiger partial charge in [0.15, 0.2) is 0 Å². The number of aromatic nitrogens is 2. The molecule has 0 aliphatic heterocycles. The van der Waals surface area contributed by atoms with Crippen LogP contribution >= 0.6 is 0 Å². The maximum atomic E-state index is 13.5. The molecule has 3 aromatic rings. The van der Waals surface area contributed by atoms with Gasteiger partial charge in [-0.15, -0.1) is 0 Å². The first kappa shape index (κ1) is 25.0. The standard InChI is InChI=1S/C28H30N4O4/c1-18(27(33)30-21-7-5-4-6-8-21)32-28(34)24(17-29)25(19-9-13-22(35-2)14-10-19)26(31-32)20-11-15-23(36-3)16-12-20/h9-16,18,21H,4-8H2,1-3H3,(H,30,33). The second-order valence-corrected chi connectivity index (χ2v) is 8.94. The molecule has 36 heavy (non-hydrogen) atoms. The summed E-state index contributed by atoms with van der Waals surface area (Å²) in [5.74, 6) is 1.04. The summed E-state index contributed by atoms with van der Waals surface area (Å²) >= 11 is 0. The topological polar surface area (TPSA) is 106 Å². The fourth-order valence-electron chi connectivity index (χ4n) is 4.58. The lowest BCUT2D eigenvalue weighted by Crippen LogP contribution is -2.43. The van der Waals surface area contributed by atoms with Gasteiger partial charge in [0.1, 0.15) is 34.9 Å². The zero-order valence-electron chi connectivity index (χ0n) is 20.8. The summed E-state index contributed by atoms with van der Waals surface area (Å²) in [4.78, 5) is 26.6. The van der Waals surface area contributed by atoms with E-state index in [0.29, 0.717) is 33.9 Å². The SMILES string of the molecule is COc1ccc(-c2nn(C(C)C(=O)NC3CCCCC3)c(=O)c(C#N)c2-c2ccc(OC)cc2)cc1. The van der Waals surface area contributed by atoms with Gasteiger partial charge in [-0.3, -0.25) is 9.59 Å². The largest absolute Gasteiger partial charge is 0.497 e. The van der Waals surface area contributed by atoms with Gasteiger partial charge in [-0.25, -0.2) is 4.68 Å². The molecule has 0 bridgehead atoms. The molecule has 4 rings (SSSR count). The number of benzene rings is 2. The van der Waals surface area contributed by atoms with Gasteiger partial charge in [-0.2, -0.15) is 10.4 Å². The monoisotopic (exact) mass is 486 g/mol. The zero-order chi connectivity index (χ0) is 25.7. The summed E-state index contributed by atoms with van der Waals surface area (Å²) in [6.45, 7) is 1.64. The Balaban J connectivity index is 1.85. The third-order valence-corrected chi connectivity index (χ3v) is 6.67. The smallest absolute Gasteiger partial charge is 0.286 e. The number of nitrogens with one attached hydrogen (secondary N) is 1. The van der Waals surface area contributed by atoms with Gasteiger partial charge < -0.3 is 14.8 Å². The van der Waals surface area contributed by atoms with Crippen molar-refractivity contribution in [1.82, 2.24) is 15.1 Å². The first-order valence-electron chi connectivity index (χ1n) is 12.1. The minimum Gasteiger partial charge on any atom is -0.497 e. The van der Waals surface area contributed by atoms with E-state index < -0.39 is 11.6 Å². The van der Waals surface area contributed by atoms with Crippen molar-refractivity contribution < 1.29 is 14.3 Å².